The summed E-state index contributed by atoms with van der Waals surface area (Å²) in [7, 11) is 1.70. The van der Waals surface area contributed by atoms with Gasteiger partial charge in [0.2, 0.25) is 11.8 Å². The average Bonchev–Trinajstić information content (AvgIpc) is 3.11. The molecule has 3 rings (SSSR count). The summed E-state index contributed by atoms with van der Waals surface area (Å²) in [6, 6.07) is 7.50. The van der Waals surface area contributed by atoms with E-state index in [4.69, 9.17) is 9.47 Å². The van der Waals surface area contributed by atoms with Gasteiger partial charge in [-0.15, -0.1) is 11.3 Å². The number of amides is 2. The van der Waals surface area contributed by atoms with Gasteiger partial charge in [-0.05, 0) is 63.8 Å². The first kappa shape index (κ1) is 25.5. The van der Waals surface area contributed by atoms with E-state index in [1.165, 1.54) is 16.2 Å². The molecular weight excluding hydrogens is 452 g/mol. The molecule has 0 saturated carbocycles. The molecule has 0 radical (unpaired) electrons. The minimum absolute atomic E-state index is 0.0325. The molecule has 9 heteroatoms. The number of nitrogens with zero attached hydrogens (tertiary/aromatic N) is 2. The number of carbonyl (C=O) groups excluding carboxylic acids is 2. The molecule has 0 saturated heterocycles. The van der Waals surface area contributed by atoms with Crippen LogP contribution in [-0.4, -0.2) is 50.1 Å². The first-order valence-electron chi connectivity index (χ1n) is 11.6. The largest absolute Gasteiger partial charge is 0.490 e. The zero-order chi connectivity index (χ0) is 24.7. The third kappa shape index (κ3) is 6.49. The van der Waals surface area contributed by atoms with E-state index in [-0.39, 0.29) is 24.9 Å². The van der Waals surface area contributed by atoms with Gasteiger partial charge in [0.05, 0.1) is 31.9 Å². The van der Waals surface area contributed by atoms with Gasteiger partial charge < -0.3 is 20.1 Å². The van der Waals surface area contributed by atoms with Crippen molar-refractivity contribution in [2.75, 3.05) is 44.0 Å². The van der Waals surface area contributed by atoms with Crippen molar-refractivity contribution >= 4 is 33.8 Å². The number of hydrogen-bond acceptors (Lipinski definition) is 7. The number of carbonyl (C=O) groups is 2. The molecule has 0 bridgehead atoms. The predicted molar refractivity (Wildman–Crippen MR) is 134 cm³/mol. The zero-order valence-corrected chi connectivity index (χ0v) is 21.0. The number of benzene rings is 1. The first-order valence-corrected chi connectivity index (χ1v) is 12.4. The fourth-order valence-corrected chi connectivity index (χ4v) is 5.38. The van der Waals surface area contributed by atoms with Crippen LogP contribution in [0.2, 0.25) is 0 Å². The molecule has 1 aromatic heterocycles. The van der Waals surface area contributed by atoms with E-state index in [9.17, 15) is 14.9 Å². The smallest absolute Gasteiger partial charge is 0.239 e. The summed E-state index contributed by atoms with van der Waals surface area (Å²) in [6.07, 6.45) is 2.88. The van der Waals surface area contributed by atoms with Crippen LogP contribution in [0.1, 0.15) is 43.2 Å². The molecule has 1 unspecified atom stereocenters. The number of nitriles is 1. The summed E-state index contributed by atoms with van der Waals surface area (Å²) in [5.74, 6) is 1.28. The number of rotatable bonds is 10. The number of thiophene rings is 1. The molecular formula is C25H32N4O4S. The second-order valence-corrected chi connectivity index (χ2v) is 9.57. The first-order chi connectivity index (χ1) is 16.3. The number of ether oxygens (including phenoxy) is 2. The Kier molecular flexibility index (Phi) is 8.91. The second kappa shape index (κ2) is 11.9. The van der Waals surface area contributed by atoms with E-state index in [1.807, 2.05) is 13.8 Å². The highest BCUT2D eigenvalue weighted by Crippen LogP contribution is 2.39. The van der Waals surface area contributed by atoms with Crippen LogP contribution in [0.15, 0.2) is 18.2 Å². The van der Waals surface area contributed by atoms with E-state index >= 15 is 0 Å². The van der Waals surface area contributed by atoms with Crippen LogP contribution in [0.4, 0.5) is 10.7 Å². The average molecular weight is 485 g/mol. The Morgan fingerprint density at radius 1 is 1.15 bits per heavy atom. The lowest BCUT2D eigenvalue weighted by molar-refractivity contribution is -0.119. The SMILES string of the molecule is CCOc1ccc(NC(=O)CN(C)CC(=O)Nc2sc3c(c2C#N)CCC(C)C3)cc1OCC. The number of hydrogen-bond donors (Lipinski definition) is 2. The standard InChI is InChI=1S/C25H32N4O4S/c1-5-32-20-10-8-17(12-21(20)33-6-2)27-23(30)14-29(4)15-24(31)28-25-19(13-26)18-9-7-16(3)11-22(18)34-25/h8,10,12,16H,5-7,9,11,14-15H2,1-4H3,(H,27,30)(H,28,31). The van der Waals surface area contributed by atoms with Crippen LogP contribution in [0.3, 0.4) is 0 Å². The summed E-state index contributed by atoms with van der Waals surface area (Å²) in [4.78, 5) is 27.9. The fraction of sp³-hybridized carbons (Fsp3) is 0.480. The van der Waals surface area contributed by atoms with Crippen molar-refractivity contribution in [3.05, 3.63) is 34.2 Å². The van der Waals surface area contributed by atoms with Gasteiger partial charge in [-0.25, -0.2) is 0 Å². The summed E-state index contributed by atoms with van der Waals surface area (Å²) < 4.78 is 11.1. The maximum atomic E-state index is 12.6. The van der Waals surface area contributed by atoms with Gasteiger partial charge in [0.1, 0.15) is 11.1 Å². The zero-order valence-electron chi connectivity index (χ0n) is 20.2. The van der Waals surface area contributed by atoms with Gasteiger partial charge in [0.15, 0.2) is 11.5 Å². The lowest BCUT2D eigenvalue weighted by atomic mass is 9.89. The number of fused-ring (bicyclic) bond motifs is 1. The van der Waals surface area contributed by atoms with E-state index < -0.39 is 0 Å². The van der Waals surface area contributed by atoms with Crippen LogP contribution >= 0.6 is 11.3 Å². The van der Waals surface area contributed by atoms with Gasteiger partial charge in [-0.2, -0.15) is 5.26 Å². The Hall–Kier alpha value is -3.09. The molecule has 34 heavy (non-hydrogen) atoms. The Balaban J connectivity index is 1.55. The van der Waals surface area contributed by atoms with Crippen molar-refractivity contribution in [1.29, 1.82) is 5.26 Å². The minimum Gasteiger partial charge on any atom is -0.490 e. The third-order valence-electron chi connectivity index (χ3n) is 5.53. The van der Waals surface area contributed by atoms with E-state index in [2.05, 4.69) is 23.6 Å². The summed E-state index contributed by atoms with van der Waals surface area (Å²) in [6.45, 7) is 7.05. The van der Waals surface area contributed by atoms with Crippen LogP contribution in [0.25, 0.3) is 0 Å². The van der Waals surface area contributed by atoms with Crippen LogP contribution in [0, 0.1) is 17.2 Å². The summed E-state index contributed by atoms with van der Waals surface area (Å²) in [5, 5.41) is 15.9. The molecule has 1 aliphatic rings. The van der Waals surface area contributed by atoms with E-state index in [0.29, 0.717) is 46.9 Å². The van der Waals surface area contributed by atoms with Crippen molar-refractivity contribution < 1.29 is 19.1 Å². The van der Waals surface area contributed by atoms with Crippen molar-refractivity contribution in [2.45, 2.75) is 40.0 Å². The minimum atomic E-state index is -0.252. The van der Waals surface area contributed by atoms with Crippen LogP contribution in [0.5, 0.6) is 11.5 Å². The molecule has 8 nitrogen and oxygen atoms in total. The third-order valence-corrected chi connectivity index (χ3v) is 6.70. The molecule has 1 heterocycles. The normalized spacial score (nSPS) is 14.8. The maximum absolute atomic E-state index is 12.6. The maximum Gasteiger partial charge on any atom is 0.239 e. The molecule has 1 aliphatic carbocycles. The van der Waals surface area contributed by atoms with Crippen molar-refractivity contribution in [3.63, 3.8) is 0 Å². The highest BCUT2D eigenvalue weighted by atomic mass is 32.1. The molecule has 1 atom stereocenters. The molecule has 182 valence electrons. The monoisotopic (exact) mass is 484 g/mol. The van der Waals surface area contributed by atoms with Gasteiger partial charge in [-0.3, -0.25) is 14.5 Å². The lowest BCUT2D eigenvalue weighted by Crippen LogP contribution is -2.36. The summed E-state index contributed by atoms with van der Waals surface area (Å²) in [5.41, 5.74) is 2.25. The molecule has 0 aliphatic heterocycles. The van der Waals surface area contributed by atoms with Crippen molar-refractivity contribution in [1.82, 2.24) is 4.90 Å². The Labute approximate surface area is 204 Å². The van der Waals surface area contributed by atoms with E-state index in [1.54, 1.807) is 30.1 Å². The van der Waals surface area contributed by atoms with Gasteiger partial charge >= 0.3 is 0 Å². The Bertz CT molecular complexity index is 1080. The fourth-order valence-electron chi connectivity index (χ4n) is 4.00. The molecule has 0 spiro atoms. The quantitative estimate of drug-likeness (QED) is 0.527. The van der Waals surface area contributed by atoms with Crippen LogP contribution < -0.4 is 20.1 Å². The van der Waals surface area contributed by atoms with E-state index in [0.717, 1.165) is 24.8 Å². The van der Waals surface area contributed by atoms with Crippen molar-refractivity contribution in [2.24, 2.45) is 5.92 Å². The lowest BCUT2D eigenvalue weighted by Gasteiger charge is -2.17. The topological polar surface area (TPSA) is 104 Å². The predicted octanol–water partition coefficient (Wildman–Crippen LogP) is 4.05. The molecule has 2 N–H and O–H groups in total. The summed E-state index contributed by atoms with van der Waals surface area (Å²) >= 11 is 1.50. The number of likely N-dealkylation sites (N-methyl/N-ethyl adjacent to an activating group) is 1. The van der Waals surface area contributed by atoms with Crippen LogP contribution in [-0.2, 0) is 22.4 Å². The molecule has 2 aromatic rings. The Morgan fingerprint density at radius 2 is 1.82 bits per heavy atom. The number of nitrogens with one attached hydrogen (secondary N) is 2. The highest BCUT2D eigenvalue weighted by Gasteiger charge is 2.25. The van der Waals surface area contributed by atoms with Crippen molar-refractivity contribution in [3.8, 4) is 17.6 Å². The molecule has 2 amide bonds. The Morgan fingerprint density at radius 3 is 2.50 bits per heavy atom. The molecule has 0 fully saturated rings. The second-order valence-electron chi connectivity index (χ2n) is 8.46. The van der Waals surface area contributed by atoms with Gasteiger partial charge in [0, 0.05) is 16.6 Å². The van der Waals surface area contributed by atoms with Gasteiger partial charge in [0.25, 0.3) is 0 Å². The number of anilines is 2. The van der Waals surface area contributed by atoms with Gasteiger partial charge in [-0.1, -0.05) is 6.92 Å². The molecule has 1 aromatic carbocycles. The highest BCUT2D eigenvalue weighted by molar-refractivity contribution is 7.16.